The predicted molar refractivity (Wildman–Crippen MR) is 82.3 cm³/mol. The van der Waals surface area contributed by atoms with E-state index in [-0.39, 0.29) is 23.9 Å². The quantitative estimate of drug-likeness (QED) is 0.725. The van der Waals surface area contributed by atoms with E-state index in [2.05, 4.69) is 4.98 Å². The third kappa shape index (κ3) is 4.09. The highest BCUT2D eigenvalue weighted by molar-refractivity contribution is 6.00. The van der Waals surface area contributed by atoms with E-state index in [1.165, 1.54) is 0 Å². The van der Waals surface area contributed by atoms with Crippen LogP contribution in [-0.4, -0.2) is 16.6 Å². The topological polar surface area (TPSA) is 47.0 Å². The SMILES string of the molecule is CCCC(=O)C(CC(=O)c1cccnc1)c1ccccc1. The third-order valence-electron chi connectivity index (χ3n) is 3.46. The molecule has 21 heavy (non-hydrogen) atoms. The van der Waals surface area contributed by atoms with Crippen molar-refractivity contribution in [3.05, 3.63) is 66.0 Å². The number of rotatable bonds is 7. The molecule has 0 fully saturated rings. The number of carbonyl (C=O) groups excluding carboxylic acids is 2. The van der Waals surface area contributed by atoms with Crippen LogP contribution in [0, 0.1) is 0 Å². The largest absolute Gasteiger partial charge is 0.299 e. The van der Waals surface area contributed by atoms with Crippen LogP contribution in [0.3, 0.4) is 0 Å². The maximum absolute atomic E-state index is 12.3. The summed E-state index contributed by atoms with van der Waals surface area (Å²) in [4.78, 5) is 28.6. The lowest BCUT2D eigenvalue weighted by atomic mass is 9.87. The molecule has 3 heteroatoms. The maximum atomic E-state index is 12.3. The number of ketones is 2. The van der Waals surface area contributed by atoms with Crippen LogP contribution >= 0.6 is 0 Å². The number of nitrogens with zero attached hydrogens (tertiary/aromatic N) is 1. The summed E-state index contributed by atoms with van der Waals surface area (Å²) >= 11 is 0. The number of hydrogen-bond donors (Lipinski definition) is 0. The van der Waals surface area contributed by atoms with Crippen molar-refractivity contribution >= 4 is 11.6 Å². The zero-order valence-electron chi connectivity index (χ0n) is 12.2. The van der Waals surface area contributed by atoms with Crippen molar-refractivity contribution in [1.82, 2.24) is 4.98 Å². The van der Waals surface area contributed by atoms with Crippen molar-refractivity contribution in [3.8, 4) is 0 Å². The van der Waals surface area contributed by atoms with Crippen LogP contribution in [-0.2, 0) is 4.79 Å². The minimum Gasteiger partial charge on any atom is -0.299 e. The van der Waals surface area contributed by atoms with Gasteiger partial charge in [0.2, 0.25) is 0 Å². The second kappa shape index (κ2) is 7.48. The molecule has 0 spiro atoms. The first-order valence-electron chi connectivity index (χ1n) is 7.23. The van der Waals surface area contributed by atoms with Crippen molar-refractivity contribution in [1.29, 1.82) is 0 Å². The first kappa shape index (κ1) is 15.1. The first-order valence-corrected chi connectivity index (χ1v) is 7.23. The molecule has 3 nitrogen and oxygen atoms in total. The molecule has 0 aliphatic heterocycles. The number of aromatic nitrogens is 1. The molecule has 0 aliphatic carbocycles. The van der Waals surface area contributed by atoms with E-state index in [1.807, 2.05) is 37.3 Å². The highest BCUT2D eigenvalue weighted by Gasteiger charge is 2.23. The van der Waals surface area contributed by atoms with E-state index < -0.39 is 0 Å². The molecule has 0 bridgehead atoms. The molecule has 0 amide bonds. The summed E-state index contributed by atoms with van der Waals surface area (Å²) in [6, 6.07) is 13.0. The van der Waals surface area contributed by atoms with Gasteiger partial charge in [-0.2, -0.15) is 0 Å². The van der Waals surface area contributed by atoms with Crippen LogP contribution in [0.25, 0.3) is 0 Å². The fourth-order valence-corrected chi connectivity index (χ4v) is 2.35. The average Bonchev–Trinajstić information content (AvgIpc) is 2.54. The lowest BCUT2D eigenvalue weighted by Gasteiger charge is -2.15. The molecule has 0 saturated heterocycles. The molecule has 0 aliphatic rings. The van der Waals surface area contributed by atoms with Gasteiger partial charge in [-0.05, 0) is 24.1 Å². The van der Waals surface area contributed by atoms with Crippen LogP contribution < -0.4 is 0 Å². The molecule has 1 atom stereocenters. The van der Waals surface area contributed by atoms with Gasteiger partial charge in [-0.15, -0.1) is 0 Å². The molecule has 108 valence electrons. The van der Waals surface area contributed by atoms with E-state index in [0.29, 0.717) is 12.0 Å². The van der Waals surface area contributed by atoms with Crippen molar-refractivity contribution in [2.75, 3.05) is 0 Å². The zero-order chi connectivity index (χ0) is 15.1. The summed E-state index contributed by atoms with van der Waals surface area (Å²) in [6.45, 7) is 1.98. The van der Waals surface area contributed by atoms with Gasteiger partial charge in [-0.25, -0.2) is 0 Å². The summed E-state index contributed by atoms with van der Waals surface area (Å²) in [6.07, 6.45) is 4.68. The Bertz CT molecular complexity index is 593. The average molecular weight is 281 g/mol. The van der Waals surface area contributed by atoms with Gasteiger partial charge >= 0.3 is 0 Å². The molecule has 0 saturated carbocycles. The van der Waals surface area contributed by atoms with Gasteiger partial charge in [0, 0.05) is 36.7 Å². The van der Waals surface area contributed by atoms with Gasteiger partial charge in [0.05, 0.1) is 0 Å². The Morgan fingerprint density at radius 3 is 2.48 bits per heavy atom. The lowest BCUT2D eigenvalue weighted by Crippen LogP contribution is -2.17. The molecule has 2 rings (SSSR count). The number of carbonyl (C=O) groups is 2. The van der Waals surface area contributed by atoms with Crippen LogP contribution in [0.5, 0.6) is 0 Å². The standard InChI is InChI=1S/C18H19NO2/c1-2-7-17(20)16(14-8-4-3-5-9-14)12-18(21)15-10-6-11-19-13-15/h3-6,8-11,13,16H,2,7,12H2,1H3. The van der Waals surface area contributed by atoms with E-state index in [9.17, 15) is 9.59 Å². The summed E-state index contributed by atoms with van der Waals surface area (Å²) in [7, 11) is 0. The van der Waals surface area contributed by atoms with E-state index in [4.69, 9.17) is 0 Å². The number of benzene rings is 1. The summed E-state index contributed by atoms with van der Waals surface area (Å²) in [5.74, 6) is -0.277. The van der Waals surface area contributed by atoms with E-state index >= 15 is 0 Å². The second-order valence-electron chi connectivity index (χ2n) is 5.05. The Hall–Kier alpha value is -2.29. The Morgan fingerprint density at radius 2 is 1.86 bits per heavy atom. The van der Waals surface area contributed by atoms with Gasteiger partial charge in [0.25, 0.3) is 0 Å². The normalized spacial score (nSPS) is 11.9. The van der Waals surface area contributed by atoms with E-state index in [1.54, 1.807) is 24.5 Å². The molecule has 1 aromatic carbocycles. The molecule has 1 heterocycles. The molecule has 2 aromatic rings. The molecule has 0 radical (unpaired) electrons. The van der Waals surface area contributed by atoms with Crippen LogP contribution in [0.2, 0.25) is 0 Å². The highest BCUT2D eigenvalue weighted by Crippen LogP contribution is 2.24. The van der Waals surface area contributed by atoms with Crippen LogP contribution in [0.4, 0.5) is 0 Å². The molecule has 0 N–H and O–H groups in total. The maximum Gasteiger partial charge on any atom is 0.165 e. The van der Waals surface area contributed by atoms with Crippen molar-refractivity contribution in [2.24, 2.45) is 0 Å². The minimum atomic E-state index is -0.362. The summed E-state index contributed by atoms with van der Waals surface area (Å²) in [5.41, 5.74) is 1.47. The van der Waals surface area contributed by atoms with Gasteiger partial charge in [0.15, 0.2) is 5.78 Å². The van der Waals surface area contributed by atoms with Crippen LogP contribution in [0.15, 0.2) is 54.9 Å². The Morgan fingerprint density at radius 1 is 1.10 bits per heavy atom. The lowest BCUT2D eigenvalue weighted by molar-refractivity contribution is -0.120. The second-order valence-corrected chi connectivity index (χ2v) is 5.05. The molecule has 1 aromatic heterocycles. The Labute approximate surface area is 125 Å². The highest BCUT2D eigenvalue weighted by atomic mass is 16.1. The van der Waals surface area contributed by atoms with Crippen LogP contribution in [0.1, 0.15) is 48.0 Å². The van der Waals surface area contributed by atoms with Crippen molar-refractivity contribution in [3.63, 3.8) is 0 Å². The zero-order valence-corrected chi connectivity index (χ0v) is 12.2. The Balaban J connectivity index is 2.20. The summed E-state index contributed by atoms with van der Waals surface area (Å²) in [5, 5.41) is 0. The minimum absolute atomic E-state index is 0.0404. The first-order chi connectivity index (χ1) is 10.2. The number of Topliss-reactive ketones (excluding diaryl/α,β-unsaturated/α-hetero) is 2. The molecule has 1 unspecified atom stereocenters. The molecular weight excluding hydrogens is 262 g/mol. The van der Waals surface area contributed by atoms with Gasteiger partial charge in [-0.1, -0.05) is 37.3 Å². The smallest absolute Gasteiger partial charge is 0.165 e. The monoisotopic (exact) mass is 281 g/mol. The predicted octanol–water partition coefficient (Wildman–Crippen LogP) is 3.81. The summed E-state index contributed by atoms with van der Waals surface area (Å²) < 4.78 is 0. The van der Waals surface area contributed by atoms with Gasteiger partial charge < -0.3 is 0 Å². The molecular formula is C18H19NO2. The van der Waals surface area contributed by atoms with Crippen molar-refractivity contribution < 1.29 is 9.59 Å². The van der Waals surface area contributed by atoms with Gasteiger partial charge in [0.1, 0.15) is 5.78 Å². The Kier molecular flexibility index (Phi) is 5.38. The third-order valence-corrected chi connectivity index (χ3v) is 3.46. The van der Waals surface area contributed by atoms with Gasteiger partial charge in [-0.3, -0.25) is 14.6 Å². The fraction of sp³-hybridized carbons (Fsp3) is 0.278. The number of hydrogen-bond acceptors (Lipinski definition) is 3. The number of pyridine rings is 1. The fourth-order valence-electron chi connectivity index (χ4n) is 2.35. The van der Waals surface area contributed by atoms with Crippen molar-refractivity contribution in [2.45, 2.75) is 32.1 Å². The van der Waals surface area contributed by atoms with E-state index in [0.717, 1.165) is 12.0 Å².